The van der Waals surface area contributed by atoms with Crippen molar-refractivity contribution in [1.29, 1.82) is 0 Å². The van der Waals surface area contributed by atoms with E-state index in [2.05, 4.69) is 75.8 Å². The maximum absolute atomic E-state index is 3.71. The Hall–Kier alpha value is -0.840. The van der Waals surface area contributed by atoms with Gasteiger partial charge in [-0.3, -0.25) is 0 Å². The standard InChI is InChI=1S/C17H26BrN3/c1-4-20(5-2)12-10-19-11-13-21-14(3)17(18)15-8-6-7-9-16(15)21/h6-9,19H,4-5,10-13H2,1-3H3. The fraction of sp³-hybridized carbons (Fsp3) is 0.529. The molecule has 1 N–H and O–H groups in total. The minimum Gasteiger partial charge on any atom is -0.342 e. The van der Waals surface area contributed by atoms with E-state index in [4.69, 9.17) is 0 Å². The molecular weight excluding hydrogens is 326 g/mol. The molecule has 0 fully saturated rings. The van der Waals surface area contributed by atoms with E-state index in [9.17, 15) is 0 Å². The minimum absolute atomic E-state index is 1.01. The molecular formula is C17H26BrN3. The second-order valence-electron chi connectivity index (χ2n) is 5.35. The molecule has 0 saturated heterocycles. The molecule has 1 aromatic carbocycles. The molecule has 4 heteroatoms. The molecule has 0 radical (unpaired) electrons. The molecule has 0 saturated carbocycles. The average Bonchev–Trinajstić information content (AvgIpc) is 2.76. The number of aromatic nitrogens is 1. The van der Waals surface area contributed by atoms with Gasteiger partial charge >= 0.3 is 0 Å². The summed E-state index contributed by atoms with van der Waals surface area (Å²) in [6, 6.07) is 8.58. The molecule has 0 aliphatic rings. The second kappa shape index (κ2) is 7.97. The van der Waals surface area contributed by atoms with Gasteiger partial charge in [-0.05, 0) is 42.0 Å². The Morgan fingerprint density at radius 2 is 1.86 bits per heavy atom. The van der Waals surface area contributed by atoms with E-state index in [1.165, 1.54) is 21.1 Å². The monoisotopic (exact) mass is 351 g/mol. The summed E-state index contributed by atoms with van der Waals surface area (Å²) in [6.45, 7) is 13.1. The first-order valence-corrected chi connectivity index (χ1v) is 8.64. The highest BCUT2D eigenvalue weighted by Gasteiger charge is 2.10. The first-order valence-electron chi connectivity index (χ1n) is 7.85. The van der Waals surface area contributed by atoms with Crippen molar-refractivity contribution in [2.24, 2.45) is 0 Å². The minimum atomic E-state index is 1.01. The van der Waals surface area contributed by atoms with E-state index in [1.54, 1.807) is 0 Å². The Kier molecular flexibility index (Phi) is 6.27. The summed E-state index contributed by atoms with van der Waals surface area (Å²) in [5, 5.41) is 4.86. The number of halogens is 1. The number of rotatable bonds is 8. The SMILES string of the molecule is CCN(CC)CCNCCn1c(C)c(Br)c2ccccc21. The molecule has 21 heavy (non-hydrogen) atoms. The van der Waals surface area contributed by atoms with Crippen molar-refractivity contribution >= 4 is 26.8 Å². The van der Waals surface area contributed by atoms with Crippen molar-refractivity contribution < 1.29 is 0 Å². The highest BCUT2D eigenvalue weighted by molar-refractivity contribution is 9.10. The fourth-order valence-corrected chi connectivity index (χ4v) is 3.32. The third-order valence-corrected chi connectivity index (χ3v) is 5.17. The molecule has 0 unspecified atom stereocenters. The van der Waals surface area contributed by atoms with Gasteiger partial charge < -0.3 is 14.8 Å². The zero-order valence-electron chi connectivity index (χ0n) is 13.3. The molecule has 2 aromatic rings. The maximum Gasteiger partial charge on any atom is 0.0494 e. The van der Waals surface area contributed by atoms with Gasteiger partial charge in [-0.25, -0.2) is 0 Å². The number of nitrogens with zero attached hydrogens (tertiary/aromatic N) is 2. The summed E-state index contributed by atoms with van der Waals surface area (Å²) in [6.07, 6.45) is 0. The Morgan fingerprint density at radius 3 is 2.57 bits per heavy atom. The van der Waals surface area contributed by atoms with Gasteiger partial charge in [0, 0.05) is 47.2 Å². The van der Waals surface area contributed by atoms with Crippen LogP contribution in [0, 0.1) is 6.92 Å². The highest BCUT2D eigenvalue weighted by atomic mass is 79.9. The van der Waals surface area contributed by atoms with Crippen molar-refractivity contribution in [3.05, 3.63) is 34.4 Å². The molecule has 116 valence electrons. The molecule has 0 amide bonds. The van der Waals surface area contributed by atoms with Gasteiger partial charge in [-0.2, -0.15) is 0 Å². The Labute approximate surface area is 136 Å². The van der Waals surface area contributed by atoms with Gasteiger partial charge in [-0.15, -0.1) is 0 Å². The van der Waals surface area contributed by atoms with Crippen molar-refractivity contribution in [3.8, 4) is 0 Å². The van der Waals surface area contributed by atoms with Crippen LogP contribution in [0.25, 0.3) is 10.9 Å². The summed E-state index contributed by atoms with van der Waals surface area (Å²) in [5.41, 5.74) is 2.62. The number of hydrogen-bond donors (Lipinski definition) is 1. The quantitative estimate of drug-likeness (QED) is 0.732. The van der Waals surface area contributed by atoms with Gasteiger partial charge in [0.15, 0.2) is 0 Å². The Bertz CT molecular complexity index is 573. The van der Waals surface area contributed by atoms with Gasteiger partial charge in [0.2, 0.25) is 0 Å². The molecule has 1 heterocycles. The lowest BCUT2D eigenvalue weighted by atomic mass is 10.2. The van der Waals surface area contributed by atoms with Gasteiger partial charge in [-0.1, -0.05) is 32.0 Å². The van der Waals surface area contributed by atoms with Crippen molar-refractivity contribution in [3.63, 3.8) is 0 Å². The first-order chi connectivity index (χ1) is 10.2. The van der Waals surface area contributed by atoms with E-state index in [0.717, 1.165) is 39.3 Å². The van der Waals surface area contributed by atoms with Crippen molar-refractivity contribution in [1.82, 2.24) is 14.8 Å². The topological polar surface area (TPSA) is 20.2 Å². The van der Waals surface area contributed by atoms with Crippen LogP contribution < -0.4 is 5.32 Å². The normalized spacial score (nSPS) is 11.7. The lowest BCUT2D eigenvalue weighted by Gasteiger charge is -2.18. The smallest absolute Gasteiger partial charge is 0.0494 e. The van der Waals surface area contributed by atoms with Crippen molar-refractivity contribution in [2.75, 3.05) is 32.7 Å². The molecule has 0 spiro atoms. The van der Waals surface area contributed by atoms with Crippen LogP contribution >= 0.6 is 15.9 Å². The van der Waals surface area contributed by atoms with Crippen LogP contribution in [0.1, 0.15) is 19.5 Å². The molecule has 2 rings (SSSR count). The highest BCUT2D eigenvalue weighted by Crippen LogP contribution is 2.30. The van der Waals surface area contributed by atoms with Gasteiger partial charge in [0.25, 0.3) is 0 Å². The third kappa shape index (κ3) is 3.87. The van der Waals surface area contributed by atoms with Crippen LogP contribution in [0.15, 0.2) is 28.7 Å². The number of benzene rings is 1. The van der Waals surface area contributed by atoms with Gasteiger partial charge in [0.1, 0.15) is 0 Å². The van der Waals surface area contributed by atoms with Crippen LogP contribution in [0.3, 0.4) is 0 Å². The van der Waals surface area contributed by atoms with Crippen LogP contribution in [0.2, 0.25) is 0 Å². The van der Waals surface area contributed by atoms with E-state index < -0.39 is 0 Å². The molecule has 0 bridgehead atoms. The summed E-state index contributed by atoms with van der Waals surface area (Å²) in [4.78, 5) is 2.44. The van der Waals surface area contributed by atoms with E-state index >= 15 is 0 Å². The van der Waals surface area contributed by atoms with E-state index in [0.29, 0.717) is 0 Å². The molecule has 1 aromatic heterocycles. The summed E-state index contributed by atoms with van der Waals surface area (Å²) >= 11 is 3.71. The summed E-state index contributed by atoms with van der Waals surface area (Å²) in [5.74, 6) is 0. The molecule has 0 aliphatic carbocycles. The summed E-state index contributed by atoms with van der Waals surface area (Å²) in [7, 11) is 0. The maximum atomic E-state index is 3.71. The van der Waals surface area contributed by atoms with Crippen LogP contribution in [-0.2, 0) is 6.54 Å². The molecule has 0 atom stereocenters. The zero-order chi connectivity index (χ0) is 15.2. The Balaban J connectivity index is 1.91. The molecule has 3 nitrogen and oxygen atoms in total. The number of para-hydroxylation sites is 1. The fourth-order valence-electron chi connectivity index (χ4n) is 2.77. The predicted molar refractivity (Wildman–Crippen MR) is 95.0 cm³/mol. The zero-order valence-corrected chi connectivity index (χ0v) is 14.9. The number of fused-ring (bicyclic) bond motifs is 1. The summed E-state index contributed by atoms with van der Waals surface area (Å²) < 4.78 is 3.62. The second-order valence-corrected chi connectivity index (χ2v) is 6.14. The first kappa shape index (κ1) is 16.5. The molecule has 0 aliphatic heterocycles. The Morgan fingerprint density at radius 1 is 1.14 bits per heavy atom. The lowest BCUT2D eigenvalue weighted by molar-refractivity contribution is 0.302. The largest absolute Gasteiger partial charge is 0.342 e. The van der Waals surface area contributed by atoms with Crippen LogP contribution in [-0.4, -0.2) is 42.2 Å². The number of likely N-dealkylation sites (N-methyl/N-ethyl adjacent to an activating group) is 1. The van der Waals surface area contributed by atoms with Crippen LogP contribution in [0.5, 0.6) is 0 Å². The van der Waals surface area contributed by atoms with E-state index in [1.807, 2.05) is 0 Å². The van der Waals surface area contributed by atoms with Crippen LogP contribution in [0.4, 0.5) is 0 Å². The van der Waals surface area contributed by atoms with Crippen molar-refractivity contribution in [2.45, 2.75) is 27.3 Å². The third-order valence-electron chi connectivity index (χ3n) is 4.17. The number of nitrogens with one attached hydrogen (secondary N) is 1. The lowest BCUT2D eigenvalue weighted by Crippen LogP contribution is -2.33. The average molecular weight is 352 g/mol. The van der Waals surface area contributed by atoms with Gasteiger partial charge in [0.05, 0.1) is 0 Å². The number of hydrogen-bond acceptors (Lipinski definition) is 2. The predicted octanol–water partition coefficient (Wildman–Crippen LogP) is 3.64. The van der Waals surface area contributed by atoms with E-state index in [-0.39, 0.29) is 0 Å².